The van der Waals surface area contributed by atoms with Gasteiger partial charge in [-0.15, -0.1) is 6.42 Å². The Morgan fingerprint density at radius 3 is 2.42 bits per heavy atom. The highest BCUT2D eigenvalue weighted by atomic mass is 32.2. The van der Waals surface area contributed by atoms with E-state index in [0.29, 0.717) is 32.7 Å². The van der Waals surface area contributed by atoms with Crippen LogP contribution in [-0.4, -0.2) is 68.2 Å². The Morgan fingerprint density at radius 1 is 1.37 bits per heavy atom. The van der Waals surface area contributed by atoms with E-state index in [1.165, 1.54) is 15.7 Å². The molecule has 1 heterocycles. The monoisotopic (exact) mass is 284 g/mol. The van der Waals surface area contributed by atoms with Crippen LogP contribution in [0.1, 0.15) is 6.92 Å². The summed E-state index contributed by atoms with van der Waals surface area (Å²) in [7, 11) is -1.96. The lowest BCUT2D eigenvalue weighted by atomic mass is 10.2. The number of rotatable bonds is 5. The maximum Gasteiger partial charge on any atom is 0.281 e. The second-order valence-corrected chi connectivity index (χ2v) is 6.73. The third-order valence-electron chi connectivity index (χ3n) is 3.12. The molecule has 0 N–H and O–H groups in total. The van der Waals surface area contributed by atoms with Crippen molar-refractivity contribution in [2.24, 2.45) is 5.92 Å². The van der Waals surface area contributed by atoms with Crippen molar-refractivity contribution in [1.82, 2.24) is 13.5 Å². The van der Waals surface area contributed by atoms with E-state index < -0.39 is 10.2 Å². The van der Waals surface area contributed by atoms with Gasteiger partial charge in [0.25, 0.3) is 10.2 Å². The second kappa shape index (κ2) is 6.88. The van der Waals surface area contributed by atoms with Crippen molar-refractivity contribution < 1.29 is 8.42 Å². The molecule has 0 unspecified atom stereocenters. The van der Waals surface area contributed by atoms with Crippen molar-refractivity contribution in [3.63, 3.8) is 0 Å². The molecule has 1 saturated heterocycles. The highest BCUT2D eigenvalue weighted by Crippen LogP contribution is 2.12. The number of terminal acetylenes is 1. The first-order valence-corrected chi connectivity index (χ1v) is 7.58. The Bertz CT molecular complexity index is 469. The van der Waals surface area contributed by atoms with E-state index >= 15 is 0 Å². The maximum absolute atomic E-state index is 12.3. The summed E-state index contributed by atoms with van der Waals surface area (Å²) in [5.74, 6) is 2.24. The van der Waals surface area contributed by atoms with Crippen LogP contribution in [0.5, 0.6) is 0 Å². The summed E-state index contributed by atoms with van der Waals surface area (Å²) in [6.07, 6.45) is 5.24. The van der Waals surface area contributed by atoms with E-state index in [9.17, 15) is 8.42 Å². The molecule has 6 nitrogen and oxygen atoms in total. The zero-order valence-electron chi connectivity index (χ0n) is 11.4. The van der Waals surface area contributed by atoms with Gasteiger partial charge in [0.2, 0.25) is 0 Å². The van der Waals surface area contributed by atoms with Gasteiger partial charge in [0.1, 0.15) is 0 Å². The summed E-state index contributed by atoms with van der Waals surface area (Å²) in [5.41, 5.74) is 0. The summed E-state index contributed by atoms with van der Waals surface area (Å²) in [5, 5.41) is 8.74. The van der Waals surface area contributed by atoms with Crippen LogP contribution in [0.3, 0.4) is 0 Å². The van der Waals surface area contributed by atoms with Crippen molar-refractivity contribution >= 4 is 10.2 Å². The fourth-order valence-electron chi connectivity index (χ4n) is 1.97. The molecule has 0 aromatic heterocycles. The smallest absolute Gasteiger partial charge is 0.281 e. The third kappa shape index (κ3) is 4.19. The molecule has 1 aliphatic rings. The van der Waals surface area contributed by atoms with Crippen molar-refractivity contribution in [1.29, 1.82) is 5.26 Å². The highest BCUT2D eigenvalue weighted by molar-refractivity contribution is 7.86. The van der Waals surface area contributed by atoms with Gasteiger partial charge < -0.3 is 0 Å². The standard InChI is InChI=1S/C12H20N4O2S/c1-4-5-15-6-8-16(9-7-15)19(17,18)14(3)11-12(2)10-13/h1,12H,5-9,11H2,2-3H3/t12-/m1/s1. The van der Waals surface area contributed by atoms with Gasteiger partial charge in [0.05, 0.1) is 18.5 Å². The van der Waals surface area contributed by atoms with Crippen molar-refractivity contribution in [3.05, 3.63) is 0 Å². The van der Waals surface area contributed by atoms with Gasteiger partial charge in [0.15, 0.2) is 0 Å². The Morgan fingerprint density at radius 2 is 1.95 bits per heavy atom. The molecule has 0 aliphatic carbocycles. The SMILES string of the molecule is C#CCN1CCN(S(=O)(=O)N(C)C[C@H](C)C#N)CC1. The van der Waals surface area contributed by atoms with E-state index in [2.05, 4.69) is 5.92 Å². The number of nitriles is 1. The molecule has 1 fully saturated rings. The molecule has 0 amide bonds. The van der Waals surface area contributed by atoms with Crippen molar-refractivity contribution in [3.8, 4) is 18.4 Å². The molecule has 1 aliphatic heterocycles. The number of hydrogen-bond acceptors (Lipinski definition) is 4. The normalized spacial score (nSPS) is 19.8. The molecule has 19 heavy (non-hydrogen) atoms. The molecule has 0 bridgehead atoms. The first-order chi connectivity index (χ1) is 8.91. The van der Waals surface area contributed by atoms with Crippen molar-refractivity contribution in [2.75, 3.05) is 46.3 Å². The van der Waals surface area contributed by atoms with Crippen LogP contribution in [0.15, 0.2) is 0 Å². The molecule has 1 rings (SSSR count). The number of piperazine rings is 1. The number of hydrogen-bond donors (Lipinski definition) is 0. The van der Waals surface area contributed by atoms with Crippen LogP contribution in [0, 0.1) is 29.6 Å². The average molecular weight is 284 g/mol. The first-order valence-electron chi connectivity index (χ1n) is 6.18. The molecular formula is C12H20N4O2S. The zero-order valence-corrected chi connectivity index (χ0v) is 12.2. The third-order valence-corrected chi connectivity index (χ3v) is 5.07. The molecular weight excluding hydrogens is 264 g/mol. The maximum atomic E-state index is 12.3. The van der Waals surface area contributed by atoms with Gasteiger partial charge >= 0.3 is 0 Å². The quantitative estimate of drug-likeness (QED) is 0.643. The Balaban J connectivity index is 2.60. The highest BCUT2D eigenvalue weighted by Gasteiger charge is 2.30. The summed E-state index contributed by atoms with van der Waals surface area (Å²) < 4.78 is 27.3. The first kappa shape index (κ1) is 15.9. The topological polar surface area (TPSA) is 67.7 Å². The lowest BCUT2D eigenvalue weighted by Crippen LogP contribution is -2.52. The van der Waals surface area contributed by atoms with Gasteiger partial charge in [-0.05, 0) is 6.92 Å². The van der Waals surface area contributed by atoms with E-state index in [1.807, 2.05) is 11.0 Å². The summed E-state index contributed by atoms with van der Waals surface area (Å²) in [4.78, 5) is 2.05. The van der Waals surface area contributed by atoms with Crippen LogP contribution in [0.25, 0.3) is 0 Å². The fourth-order valence-corrected chi connectivity index (χ4v) is 3.40. The van der Waals surface area contributed by atoms with Gasteiger partial charge in [-0.3, -0.25) is 4.90 Å². The van der Waals surface area contributed by atoms with Gasteiger partial charge in [0, 0.05) is 39.8 Å². The molecule has 0 saturated carbocycles. The van der Waals surface area contributed by atoms with Crippen LogP contribution >= 0.6 is 0 Å². The predicted molar refractivity (Wildman–Crippen MR) is 73.2 cm³/mol. The summed E-state index contributed by atoms with van der Waals surface area (Å²) in [6, 6.07) is 2.04. The lowest BCUT2D eigenvalue weighted by molar-refractivity contribution is 0.199. The van der Waals surface area contributed by atoms with Gasteiger partial charge in [-0.25, -0.2) is 0 Å². The summed E-state index contributed by atoms with van der Waals surface area (Å²) >= 11 is 0. The molecule has 106 valence electrons. The average Bonchev–Trinajstić information content (AvgIpc) is 2.39. The molecule has 0 spiro atoms. The lowest BCUT2D eigenvalue weighted by Gasteiger charge is -2.35. The molecule has 0 aromatic carbocycles. The van der Waals surface area contributed by atoms with E-state index in [1.54, 1.807) is 6.92 Å². The van der Waals surface area contributed by atoms with Crippen LogP contribution < -0.4 is 0 Å². The number of nitrogens with zero attached hydrogens (tertiary/aromatic N) is 4. The van der Waals surface area contributed by atoms with Crippen LogP contribution in [0.2, 0.25) is 0 Å². The minimum absolute atomic E-state index is 0.212. The molecule has 7 heteroatoms. The predicted octanol–water partition coefficient (Wildman–Crippen LogP) is -0.427. The Kier molecular flexibility index (Phi) is 5.77. The molecule has 1 atom stereocenters. The second-order valence-electron chi connectivity index (χ2n) is 4.70. The van der Waals surface area contributed by atoms with Crippen LogP contribution in [0.4, 0.5) is 0 Å². The molecule has 0 aromatic rings. The van der Waals surface area contributed by atoms with Gasteiger partial charge in [-0.2, -0.15) is 22.3 Å². The molecule has 0 radical (unpaired) electrons. The minimum atomic E-state index is -3.47. The Labute approximate surface area is 115 Å². The largest absolute Gasteiger partial charge is 0.290 e. The Hall–Kier alpha value is -1.12. The van der Waals surface area contributed by atoms with Gasteiger partial charge in [-0.1, -0.05) is 5.92 Å². The fraction of sp³-hybridized carbons (Fsp3) is 0.750. The summed E-state index contributed by atoms with van der Waals surface area (Å²) in [6.45, 7) is 4.64. The zero-order chi connectivity index (χ0) is 14.5. The van der Waals surface area contributed by atoms with Crippen molar-refractivity contribution in [2.45, 2.75) is 6.92 Å². The van der Waals surface area contributed by atoms with E-state index in [-0.39, 0.29) is 12.5 Å². The van der Waals surface area contributed by atoms with E-state index in [4.69, 9.17) is 11.7 Å². The van der Waals surface area contributed by atoms with E-state index in [0.717, 1.165) is 0 Å². The van der Waals surface area contributed by atoms with Crippen LogP contribution in [-0.2, 0) is 10.2 Å². The minimum Gasteiger partial charge on any atom is -0.290 e.